The van der Waals surface area contributed by atoms with Crippen LogP contribution in [0.3, 0.4) is 0 Å². The van der Waals surface area contributed by atoms with E-state index < -0.39 is 48.0 Å². The summed E-state index contributed by atoms with van der Waals surface area (Å²) in [7, 11) is -16.3. The molecule has 2 aromatic rings. The van der Waals surface area contributed by atoms with E-state index in [-0.39, 0.29) is 23.0 Å². The number of hydrogen-bond acceptors (Lipinski definition) is 11. The van der Waals surface area contributed by atoms with Crippen LogP contribution in [0.5, 0.6) is 0 Å². The average molecular weight is 505 g/mol. The van der Waals surface area contributed by atoms with Gasteiger partial charge in [0.2, 0.25) is 5.95 Å². The summed E-state index contributed by atoms with van der Waals surface area (Å²) in [5.74, 6) is -0.344. The van der Waals surface area contributed by atoms with Crippen molar-refractivity contribution in [1.29, 1.82) is 0 Å². The van der Waals surface area contributed by atoms with Crippen molar-refractivity contribution in [2.45, 2.75) is 25.7 Å². The number of nitrogens with two attached hydrogens (primary N) is 1. The number of fused-ring (bicyclic) bond motifs is 1. The number of nitrogens with zero attached hydrogens (tertiary/aromatic N) is 3. The molecule has 0 spiro atoms. The molecule has 3 rings (SSSR count). The first-order valence-electron chi connectivity index (χ1n) is 8.32. The monoisotopic (exact) mass is 505 g/mol. The molecular formula is C11H18N5O12P3. The lowest BCUT2D eigenvalue weighted by molar-refractivity contribution is -0.0290. The van der Waals surface area contributed by atoms with Gasteiger partial charge < -0.3 is 30.0 Å². The molecule has 5 atom stereocenters. The van der Waals surface area contributed by atoms with Crippen molar-refractivity contribution in [2.75, 3.05) is 12.3 Å². The van der Waals surface area contributed by atoms with Crippen LogP contribution in [0, 0.1) is 5.92 Å². The fourth-order valence-electron chi connectivity index (χ4n) is 2.97. The smallest absolute Gasteiger partial charge is 0.369 e. The third kappa shape index (κ3) is 6.06. The summed E-state index contributed by atoms with van der Waals surface area (Å²) in [6.07, 6.45) is 0.103. The molecule has 0 bridgehead atoms. The zero-order valence-corrected chi connectivity index (χ0v) is 18.2. The standard InChI is InChI=1S/C11H18N5O12P3/c1-5-2-6(3-25-30(21,22)28-31(23,24)27-29(18,19)20)26-10(5)16-4-13-7-8(16)14-11(12)15-9(7)17/h4-6,10H,2-3H2,1H3,(H,21,22)(H,23,24)(H2,18,19,20)(H3,12,14,15,17)/t5-,6-,10+/m0/s1. The number of aromatic nitrogens is 4. The number of nitrogen functional groups attached to an aromatic ring is 1. The maximum atomic E-state index is 11.9. The maximum absolute atomic E-state index is 11.9. The number of H-pyrrole nitrogens is 1. The molecule has 1 aliphatic rings. The van der Waals surface area contributed by atoms with Gasteiger partial charge in [0.15, 0.2) is 11.2 Å². The van der Waals surface area contributed by atoms with E-state index in [0.717, 1.165) is 0 Å². The van der Waals surface area contributed by atoms with Crippen molar-refractivity contribution >= 4 is 40.6 Å². The SMILES string of the molecule is C[C@H]1C[C@@H](COP(=O)(O)OP(=O)(O)OP(=O)(O)O)O[C@H]1n1cnc2c(=O)[nH]c(N)nc21. The Labute approximate surface area is 172 Å². The molecule has 3 heterocycles. The van der Waals surface area contributed by atoms with Crippen LogP contribution >= 0.6 is 23.5 Å². The molecule has 1 aliphatic heterocycles. The van der Waals surface area contributed by atoms with E-state index >= 15 is 0 Å². The van der Waals surface area contributed by atoms with Gasteiger partial charge in [0.1, 0.15) is 6.23 Å². The van der Waals surface area contributed by atoms with Gasteiger partial charge in [-0.05, 0) is 6.42 Å². The van der Waals surface area contributed by atoms with Crippen LogP contribution in [0.15, 0.2) is 11.1 Å². The first kappa shape index (κ1) is 24.2. The number of aromatic amines is 1. The van der Waals surface area contributed by atoms with Gasteiger partial charge in [-0.1, -0.05) is 6.92 Å². The minimum Gasteiger partial charge on any atom is -0.369 e. The second-order valence-corrected chi connectivity index (χ2v) is 10.9. The molecule has 0 saturated carbocycles. The lowest BCUT2D eigenvalue weighted by Crippen LogP contribution is -2.18. The van der Waals surface area contributed by atoms with Gasteiger partial charge in [-0.2, -0.15) is 13.6 Å². The number of anilines is 1. The summed E-state index contributed by atoms with van der Waals surface area (Å²) in [6, 6.07) is 0. The summed E-state index contributed by atoms with van der Waals surface area (Å²) in [5.41, 5.74) is 5.20. The lowest BCUT2D eigenvalue weighted by Gasteiger charge is -2.19. The van der Waals surface area contributed by atoms with Crippen molar-refractivity contribution in [2.24, 2.45) is 5.92 Å². The predicted octanol–water partition coefficient (Wildman–Crippen LogP) is -0.0313. The third-order valence-electron chi connectivity index (χ3n) is 4.02. The Morgan fingerprint density at radius 3 is 2.58 bits per heavy atom. The van der Waals surface area contributed by atoms with Crippen molar-refractivity contribution in [1.82, 2.24) is 19.5 Å². The number of imidazole rings is 1. The molecule has 174 valence electrons. The van der Waals surface area contributed by atoms with Crippen LogP contribution < -0.4 is 11.3 Å². The molecule has 2 unspecified atom stereocenters. The zero-order chi connectivity index (χ0) is 23.2. The number of nitrogens with one attached hydrogen (secondary N) is 1. The minimum absolute atomic E-state index is 0.0294. The van der Waals surface area contributed by atoms with Gasteiger partial charge in [0.25, 0.3) is 5.56 Å². The molecule has 7 N–H and O–H groups in total. The Morgan fingerprint density at radius 1 is 1.26 bits per heavy atom. The Morgan fingerprint density at radius 2 is 1.94 bits per heavy atom. The first-order valence-corrected chi connectivity index (χ1v) is 12.8. The summed E-state index contributed by atoms with van der Waals surface area (Å²) < 4.78 is 52.9. The highest BCUT2D eigenvalue weighted by Crippen LogP contribution is 2.66. The van der Waals surface area contributed by atoms with Crippen LogP contribution in [-0.4, -0.2) is 51.8 Å². The van der Waals surface area contributed by atoms with Crippen molar-refractivity contribution < 1.29 is 51.2 Å². The average Bonchev–Trinajstić information content (AvgIpc) is 3.12. The van der Waals surface area contributed by atoms with Crippen LogP contribution in [0.2, 0.25) is 0 Å². The molecule has 1 saturated heterocycles. The summed E-state index contributed by atoms with van der Waals surface area (Å²) in [5, 5.41) is 0. The highest BCUT2D eigenvalue weighted by molar-refractivity contribution is 7.66. The Hall–Kier alpha value is -1.48. The van der Waals surface area contributed by atoms with Gasteiger partial charge in [-0.15, -0.1) is 0 Å². The second-order valence-electron chi connectivity index (χ2n) is 6.52. The van der Waals surface area contributed by atoms with Gasteiger partial charge in [-0.3, -0.25) is 18.9 Å². The molecule has 31 heavy (non-hydrogen) atoms. The van der Waals surface area contributed by atoms with Crippen LogP contribution in [0.25, 0.3) is 11.2 Å². The highest BCUT2D eigenvalue weighted by Gasteiger charge is 2.42. The van der Waals surface area contributed by atoms with Crippen molar-refractivity contribution in [3.05, 3.63) is 16.7 Å². The topological polar surface area (TPSA) is 259 Å². The molecule has 0 aromatic carbocycles. The molecule has 0 radical (unpaired) electrons. The van der Waals surface area contributed by atoms with Gasteiger partial charge in [0, 0.05) is 5.92 Å². The third-order valence-corrected chi connectivity index (χ3v) is 7.82. The Balaban J connectivity index is 1.67. The highest BCUT2D eigenvalue weighted by atomic mass is 31.3. The van der Waals surface area contributed by atoms with Gasteiger partial charge >= 0.3 is 23.5 Å². The lowest BCUT2D eigenvalue weighted by atomic mass is 10.1. The molecule has 0 aliphatic carbocycles. The number of ether oxygens (including phenoxy) is 1. The van der Waals surface area contributed by atoms with E-state index in [1.54, 1.807) is 6.92 Å². The van der Waals surface area contributed by atoms with E-state index in [1.165, 1.54) is 10.9 Å². The second kappa shape index (κ2) is 8.46. The molecular weight excluding hydrogens is 487 g/mol. The fraction of sp³-hybridized carbons (Fsp3) is 0.545. The van der Waals surface area contributed by atoms with E-state index in [1.807, 2.05) is 0 Å². The Kier molecular flexibility index (Phi) is 6.60. The maximum Gasteiger partial charge on any atom is 0.490 e. The number of rotatable bonds is 8. The molecule has 2 aromatic heterocycles. The van der Waals surface area contributed by atoms with Gasteiger partial charge in [-0.25, -0.2) is 18.7 Å². The van der Waals surface area contributed by atoms with Crippen LogP contribution in [0.1, 0.15) is 19.6 Å². The predicted molar refractivity (Wildman–Crippen MR) is 100 cm³/mol. The Bertz CT molecular complexity index is 1170. The summed E-state index contributed by atoms with van der Waals surface area (Å²) in [4.78, 5) is 57.9. The van der Waals surface area contributed by atoms with Crippen LogP contribution in [-0.2, 0) is 31.6 Å². The quantitative estimate of drug-likeness (QED) is 0.257. The molecule has 20 heteroatoms. The molecule has 0 amide bonds. The van der Waals surface area contributed by atoms with Gasteiger partial charge in [0.05, 0.1) is 19.0 Å². The number of phosphoric ester groups is 1. The largest absolute Gasteiger partial charge is 0.490 e. The summed E-state index contributed by atoms with van der Waals surface area (Å²) >= 11 is 0. The fourth-order valence-corrected chi connectivity index (χ4v) is 6.02. The molecule has 1 fully saturated rings. The van der Waals surface area contributed by atoms with Crippen molar-refractivity contribution in [3.8, 4) is 0 Å². The van der Waals surface area contributed by atoms with E-state index in [4.69, 9.17) is 25.2 Å². The molecule has 17 nitrogen and oxygen atoms in total. The van der Waals surface area contributed by atoms with Crippen LogP contribution in [0.4, 0.5) is 5.95 Å². The van der Waals surface area contributed by atoms with E-state index in [0.29, 0.717) is 6.42 Å². The normalized spacial score (nSPS) is 26.0. The minimum atomic E-state index is -5.60. The number of phosphoric acid groups is 3. The summed E-state index contributed by atoms with van der Waals surface area (Å²) in [6.45, 7) is 1.19. The zero-order valence-electron chi connectivity index (χ0n) is 15.5. The first-order chi connectivity index (χ1) is 14.2. The van der Waals surface area contributed by atoms with E-state index in [9.17, 15) is 23.4 Å². The number of hydrogen-bond donors (Lipinski definition) is 6. The van der Waals surface area contributed by atoms with E-state index in [2.05, 4.69) is 28.1 Å². The van der Waals surface area contributed by atoms with Crippen molar-refractivity contribution in [3.63, 3.8) is 0 Å².